The molecule has 2 heterocycles. The molecular formula is C18H23N3O4S. The summed E-state index contributed by atoms with van der Waals surface area (Å²) in [6.45, 7) is 5.09. The fourth-order valence-electron chi connectivity index (χ4n) is 3.20. The van der Waals surface area contributed by atoms with E-state index in [9.17, 15) is 14.4 Å². The first-order valence-corrected chi connectivity index (χ1v) is 9.60. The lowest BCUT2D eigenvalue weighted by Gasteiger charge is -2.32. The molecule has 0 aromatic heterocycles. The Morgan fingerprint density at radius 1 is 1.27 bits per heavy atom. The predicted molar refractivity (Wildman–Crippen MR) is 100 cm³/mol. The number of benzene rings is 1. The van der Waals surface area contributed by atoms with Crippen LogP contribution >= 0.6 is 11.8 Å². The van der Waals surface area contributed by atoms with Crippen molar-refractivity contribution in [3.8, 4) is 0 Å². The van der Waals surface area contributed by atoms with E-state index in [2.05, 4.69) is 0 Å². The molecule has 7 nitrogen and oxygen atoms in total. The summed E-state index contributed by atoms with van der Waals surface area (Å²) in [6.07, 6.45) is 0. The van der Waals surface area contributed by atoms with Crippen molar-refractivity contribution in [2.75, 3.05) is 37.5 Å². The lowest BCUT2D eigenvalue weighted by Crippen LogP contribution is -2.49. The summed E-state index contributed by atoms with van der Waals surface area (Å²) < 4.78 is 4.81. The van der Waals surface area contributed by atoms with E-state index in [0.717, 1.165) is 11.3 Å². The van der Waals surface area contributed by atoms with E-state index in [-0.39, 0.29) is 29.8 Å². The van der Waals surface area contributed by atoms with Gasteiger partial charge in [-0.1, -0.05) is 17.7 Å². The first kappa shape index (κ1) is 18.7. The van der Waals surface area contributed by atoms with Gasteiger partial charge in [0.1, 0.15) is 11.3 Å². The van der Waals surface area contributed by atoms with Gasteiger partial charge in [0.15, 0.2) is 0 Å². The van der Waals surface area contributed by atoms with Gasteiger partial charge < -0.3 is 4.74 Å². The van der Waals surface area contributed by atoms with Crippen molar-refractivity contribution in [2.24, 2.45) is 0 Å². The van der Waals surface area contributed by atoms with E-state index < -0.39 is 6.04 Å². The van der Waals surface area contributed by atoms with Crippen LogP contribution in [0.25, 0.3) is 0 Å². The van der Waals surface area contributed by atoms with Crippen molar-refractivity contribution < 1.29 is 19.1 Å². The molecule has 0 bridgehead atoms. The zero-order chi connectivity index (χ0) is 18.8. The SMILES string of the molecule is COC(=O)[C@@H]1CN(CN2C(=O)[C@H](C)N(c3ccc(C)cc3)C2=O)CCS1. The number of methoxy groups -OCH3 is 1. The summed E-state index contributed by atoms with van der Waals surface area (Å²) >= 11 is 1.54. The number of urea groups is 1. The van der Waals surface area contributed by atoms with Crippen LogP contribution in [0.15, 0.2) is 24.3 Å². The van der Waals surface area contributed by atoms with Crippen LogP contribution in [-0.4, -0.2) is 71.6 Å². The van der Waals surface area contributed by atoms with Crippen LogP contribution in [0.1, 0.15) is 12.5 Å². The molecule has 2 saturated heterocycles. The highest BCUT2D eigenvalue weighted by Gasteiger charge is 2.44. The zero-order valence-corrected chi connectivity index (χ0v) is 16.0. The van der Waals surface area contributed by atoms with Crippen LogP contribution in [0.3, 0.4) is 0 Å². The monoisotopic (exact) mass is 377 g/mol. The molecule has 8 heteroatoms. The second-order valence-electron chi connectivity index (χ2n) is 6.53. The van der Waals surface area contributed by atoms with E-state index in [0.29, 0.717) is 18.8 Å². The molecule has 26 heavy (non-hydrogen) atoms. The Morgan fingerprint density at radius 3 is 2.62 bits per heavy atom. The summed E-state index contributed by atoms with van der Waals surface area (Å²) in [4.78, 5) is 42.0. The molecule has 0 radical (unpaired) electrons. The third-order valence-electron chi connectivity index (χ3n) is 4.72. The maximum Gasteiger partial charge on any atom is 0.333 e. The number of aryl methyl sites for hydroxylation is 1. The minimum atomic E-state index is -0.541. The molecule has 1 aromatic carbocycles. The third-order valence-corrected chi connectivity index (χ3v) is 5.88. The number of hydrogen-bond acceptors (Lipinski definition) is 6. The minimum absolute atomic E-state index is 0.193. The number of amides is 3. The van der Waals surface area contributed by atoms with Gasteiger partial charge in [0.2, 0.25) is 0 Å². The zero-order valence-electron chi connectivity index (χ0n) is 15.2. The molecule has 0 unspecified atom stereocenters. The molecule has 3 rings (SSSR count). The van der Waals surface area contributed by atoms with Crippen molar-refractivity contribution >= 4 is 35.4 Å². The fourth-order valence-corrected chi connectivity index (χ4v) is 4.40. The smallest absolute Gasteiger partial charge is 0.333 e. The Labute approximate surface area is 157 Å². The second-order valence-corrected chi connectivity index (χ2v) is 7.84. The Bertz CT molecular complexity index is 709. The average Bonchev–Trinajstić information content (AvgIpc) is 2.86. The van der Waals surface area contributed by atoms with E-state index in [1.54, 1.807) is 18.7 Å². The van der Waals surface area contributed by atoms with Crippen LogP contribution in [-0.2, 0) is 14.3 Å². The van der Waals surface area contributed by atoms with E-state index >= 15 is 0 Å². The van der Waals surface area contributed by atoms with Gasteiger partial charge in [-0.2, -0.15) is 0 Å². The van der Waals surface area contributed by atoms with Crippen molar-refractivity contribution in [3.05, 3.63) is 29.8 Å². The van der Waals surface area contributed by atoms with E-state index in [4.69, 9.17) is 4.74 Å². The van der Waals surface area contributed by atoms with Crippen LogP contribution in [0.2, 0.25) is 0 Å². The molecular weight excluding hydrogens is 354 g/mol. The average molecular weight is 377 g/mol. The first-order valence-electron chi connectivity index (χ1n) is 8.55. The van der Waals surface area contributed by atoms with Crippen molar-refractivity contribution in [1.29, 1.82) is 0 Å². The van der Waals surface area contributed by atoms with Gasteiger partial charge in [-0.15, -0.1) is 11.8 Å². The Kier molecular flexibility index (Phi) is 5.52. The predicted octanol–water partition coefficient (Wildman–Crippen LogP) is 1.70. The number of esters is 1. The number of rotatable bonds is 4. The van der Waals surface area contributed by atoms with Crippen LogP contribution in [0, 0.1) is 6.92 Å². The van der Waals surface area contributed by atoms with Crippen LogP contribution in [0.4, 0.5) is 10.5 Å². The number of carbonyl (C=O) groups excluding carboxylic acids is 3. The van der Waals surface area contributed by atoms with Gasteiger partial charge in [-0.3, -0.25) is 19.4 Å². The van der Waals surface area contributed by atoms with Gasteiger partial charge >= 0.3 is 12.0 Å². The molecule has 2 atom stereocenters. The molecule has 0 aliphatic carbocycles. The number of ether oxygens (including phenoxy) is 1. The molecule has 140 valence electrons. The fraction of sp³-hybridized carbons (Fsp3) is 0.500. The molecule has 0 spiro atoms. The van der Waals surface area contributed by atoms with Gasteiger partial charge in [0.05, 0.1) is 13.8 Å². The van der Waals surface area contributed by atoms with Crippen LogP contribution in [0.5, 0.6) is 0 Å². The minimum Gasteiger partial charge on any atom is -0.468 e. The molecule has 2 aliphatic heterocycles. The van der Waals surface area contributed by atoms with Crippen LogP contribution < -0.4 is 4.90 Å². The Hall–Kier alpha value is -2.06. The third kappa shape index (κ3) is 3.57. The van der Waals surface area contributed by atoms with Gasteiger partial charge in [-0.05, 0) is 26.0 Å². The maximum atomic E-state index is 12.9. The van der Waals surface area contributed by atoms with Crippen molar-refractivity contribution in [1.82, 2.24) is 9.80 Å². The summed E-state index contributed by atoms with van der Waals surface area (Å²) in [6, 6.07) is 6.69. The molecule has 0 saturated carbocycles. The summed E-state index contributed by atoms with van der Waals surface area (Å²) in [5.74, 6) is 0.268. The number of nitrogens with zero attached hydrogens (tertiary/aromatic N) is 3. The van der Waals surface area contributed by atoms with Crippen molar-refractivity contribution in [2.45, 2.75) is 25.1 Å². The summed E-state index contributed by atoms with van der Waals surface area (Å²) in [5, 5.41) is -0.285. The highest BCUT2D eigenvalue weighted by Crippen LogP contribution is 2.27. The number of thioether (sulfide) groups is 1. The number of carbonyl (C=O) groups is 3. The molecule has 2 aliphatic rings. The van der Waals surface area contributed by atoms with Gasteiger partial charge in [0.25, 0.3) is 5.91 Å². The molecule has 1 aromatic rings. The number of imide groups is 1. The number of anilines is 1. The van der Waals surface area contributed by atoms with Gasteiger partial charge in [-0.25, -0.2) is 9.69 Å². The molecule has 0 N–H and O–H groups in total. The highest BCUT2D eigenvalue weighted by molar-refractivity contribution is 8.00. The van der Waals surface area contributed by atoms with Crippen molar-refractivity contribution in [3.63, 3.8) is 0 Å². The van der Waals surface area contributed by atoms with Gasteiger partial charge in [0, 0.05) is 24.5 Å². The molecule has 3 amide bonds. The lowest BCUT2D eigenvalue weighted by atomic mass is 10.2. The van der Waals surface area contributed by atoms with E-state index in [1.807, 2.05) is 36.1 Å². The Balaban J connectivity index is 1.72. The second kappa shape index (κ2) is 7.67. The largest absolute Gasteiger partial charge is 0.468 e. The summed E-state index contributed by atoms with van der Waals surface area (Å²) in [7, 11) is 1.37. The quantitative estimate of drug-likeness (QED) is 0.588. The summed E-state index contributed by atoms with van der Waals surface area (Å²) in [5.41, 5.74) is 1.81. The first-order chi connectivity index (χ1) is 12.4. The molecule has 2 fully saturated rings. The number of hydrogen-bond donors (Lipinski definition) is 0. The topological polar surface area (TPSA) is 70.2 Å². The highest BCUT2D eigenvalue weighted by atomic mass is 32.2. The van der Waals surface area contributed by atoms with E-state index in [1.165, 1.54) is 16.9 Å². The Morgan fingerprint density at radius 2 is 1.96 bits per heavy atom. The maximum absolute atomic E-state index is 12.9. The normalized spacial score (nSPS) is 24.3. The standard InChI is InChI=1S/C18H23N3O4S/c1-12-4-6-14(7-5-12)21-13(2)16(22)20(18(21)24)11-19-8-9-26-15(10-19)17(23)25-3/h4-7,13,15H,8-11H2,1-3H3/t13-,15-/m0/s1. The lowest BCUT2D eigenvalue weighted by molar-refractivity contribution is -0.140.